The summed E-state index contributed by atoms with van der Waals surface area (Å²) in [6.45, 7) is 7.89. The molecule has 7 nitrogen and oxygen atoms in total. The number of nitrogens with two attached hydrogens (primary N) is 1. The number of hydrogen-bond acceptors (Lipinski definition) is 6. The Bertz CT molecular complexity index is 663. The van der Waals surface area contributed by atoms with Gasteiger partial charge >= 0.3 is 0 Å². The predicted octanol–water partition coefficient (Wildman–Crippen LogP) is 1.75. The SMILES string of the molecule is C=C(COc1ccc(Cl)cc1)N1CCN(c2n[nH]c(N)n2)CC1. The van der Waals surface area contributed by atoms with Gasteiger partial charge in [-0.15, -0.1) is 5.10 Å². The number of ether oxygens (including phenoxy) is 1. The lowest BCUT2D eigenvalue weighted by Crippen LogP contribution is -2.46. The van der Waals surface area contributed by atoms with E-state index in [-0.39, 0.29) is 0 Å². The lowest BCUT2D eigenvalue weighted by Gasteiger charge is -2.36. The number of rotatable bonds is 5. The Morgan fingerprint density at radius 1 is 1.26 bits per heavy atom. The van der Waals surface area contributed by atoms with Crippen LogP contribution in [0.2, 0.25) is 5.02 Å². The molecular weight excluding hydrogens is 316 g/mol. The second-order valence-electron chi connectivity index (χ2n) is 5.30. The number of aromatic nitrogens is 3. The number of halogens is 1. The van der Waals surface area contributed by atoms with Gasteiger partial charge in [-0.25, -0.2) is 5.10 Å². The lowest BCUT2D eigenvalue weighted by atomic mass is 10.3. The fraction of sp³-hybridized carbons (Fsp3) is 0.333. The minimum atomic E-state index is 0.336. The summed E-state index contributed by atoms with van der Waals surface area (Å²) in [4.78, 5) is 8.45. The van der Waals surface area contributed by atoms with Gasteiger partial charge in [0.2, 0.25) is 11.9 Å². The van der Waals surface area contributed by atoms with Crippen molar-refractivity contribution >= 4 is 23.5 Å². The highest BCUT2D eigenvalue weighted by atomic mass is 35.5. The molecule has 0 bridgehead atoms. The van der Waals surface area contributed by atoms with E-state index in [1.165, 1.54) is 0 Å². The molecule has 2 heterocycles. The number of hydrogen-bond donors (Lipinski definition) is 2. The molecule has 1 aliphatic heterocycles. The van der Waals surface area contributed by atoms with Crippen molar-refractivity contribution in [2.24, 2.45) is 0 Å². The highest BCUT2D eigenvalue weighted by Gasteiger charge is 2.20. The summed E-state index contributed by atoms with van der Waals surface area (Å²) in [6.07, 6.45) is 0. The zero-order valence-electron chi connectivity index (χ0n) is 12.7. The van der Waals surface area contributed by atoms with Crippen LogP contribution in [-0.2, 0) is 0 Å². The van der Waals surface area contributed by atoms with E-state index in [0.717, 1.165) is 37.6 Å². The van der Waals surface area contributed by atoms with Crippen LogP contribution in [0.4, 0.5) is 11.9 Å². The maximum absolute atomic E-state index is 5.86. The zero-order chi connectivity index (χ0) is 16.2. The summed E-state index contributed by atoms with van der Waals surface area (Å²) >= 11 is 5.86. The van der Waals surface area contributed by atoms with Gasteiger partial charge in [0.25, 0.3) is 0 Å². The van der Waals surface area contributed by atoms with Crippen LogP contribution in [0, 0.1) is 0 Å². The van der Waals surface area contributed by atoms with Gasteiger partial charge in [0, 0.05) is 36.9 Å². The monoisotopic (exact) mass is 334 g/mol. The first-order chi connectivity index (χ1) is 11.1. The number of aromatic amines is 1. The fourth-order valence-electron chi connectivity index (χ4n) is 2.42. The molecule has 1 saturated heterocycles. The molecule has 23 heavy (non-hydrogen) atoms. The van der Waals surface area contributed by atoms with E-state index in [0.29, 0.717) is 23.5 Å². The molecule has 1 aliphatic rings. The predicted molar refractivity (Wildman–Crippen MR) is 90.7 cm³/mol. The highest BCUT2D eigenvalue weighted by Crippen LogP contribution is 2.18. The molecule has 3 N–H and O–H groups in total. The summed E-state index contributed by atoms with van der Waals surface area (Å²) in [7, 11) is 0. The molecule has 0 aliphatic carbocycles. The van der Waals surface area contributed by atoms with Gasteiger partial charge in [-0.2, -0.15) is 4.98 Å². The third-order valence-electron chi connectivity index (χ3n) is 3.72. The van der Waals surface area contributed by atoms with Crippen molar-refractivity contribution in [2.75, 3.05) is 43.4 Å². The molecule has 1 aromatic carbocycles. The minimum Gasteiger partial charge on any atom is -0.487 e. The Morgan fingerprint density at radius 3 is 2.57 bits per heavy atom. The first-order valence-electron chi connectivity index (χ1n) is 7.36. The second-order valence-corrected chi connectivity index (χ2v) is 5.74. The third-order valence-corrected chi connectivity index (χ3v) is 3.97. The summed E-state index contributed by atoms with van der Waals surface area (Å²) in [5.41, 5.74) is 6.51. The average Bonchev–Trinajstić information content (AvgIpc) is 3.01. The number of nitrogens with one attached hydrogen (secondary N) is 1. The maximum atomic E-state index is 5.86. The molecule has 1 aromatic heterocycles. The highest BCUT2D eigenvalue weighted by molar-refractivity contribution is 6.30. The number of anilines is 2. The first kappa shape index (κ1) is 15.5. The number of nitrogens with zero attached hydrogens (tertiary/aromatic N) is 4. The lowest BCUT2D eigenvalue weighted by molar-refractivity contribution is 0.256. The molecule has 0 saturated carbocycles. The summed E-state index contributed by atoms with van der Waals surface area (Å²) < 4.78 is 5.73. The summed E-state index contributed by atoms with van der Waals surface area (Å²) in [5, 5.41) is 7.43. The standard InChI is InChI=1S/C15H19ClN6O/c1-11(10-23-13-4-2-12(16)3-5-13)21-6-8-22(9-7-21)15-18-14(17)19-20-15/h2-5H,1,6-10H2,(H3,17,18,19,20). The van der Waals surface area contributed by atoms with Crippen LogP contribution in [0.3, 0.4) is 0 Å². The van der Waals surface area contributed by atoms with Crippen LogP contribution < -0.4 is 15.4 Å². The van der Waals surface area contributed by atoms with Gasteiger partial charge in [0.05, 0.1) is 0 Å². The van der Waals surface area contributed by atoms with Crippen molar-refractivity contribution in [3.63, 3.8) is 0 Å². The maximum Gasteiger partial charge on any atom is 0.246 e. The number of H-pyrrole nitrogens is 1. The van der Waals surface area contributed by atoms with Crippen LogP contribution in [0.25, 0.3) is 0 Å². The van der Waals surface area contributed by atoms with Crippen molar-refractivity contribution in [3.05, 3.63) is 41.6 Å². The Labute approximate surface area is 139 Å². The molecule has 0 amide bonds. The van der Waals surface area contributed by atoms with Gasteiger partial charge < -0.3 is 20.3 Å². The van der Waals surface area contributed by atoms with Gasteiger partial charge in [0.15, 0.2) is 0 Å². The molecule has 2 aromatic rings. The normalized spacial score (nSPS) is 14.8. The molecule has 8 heteroatoms. The largest absolute Gasteiger partial charge is 0.487 e. The van der Waals surface area contributed by atoms with Gasteiger partial charge in [0.1, 0.15) is 12.4 Å². The number of piperazine rings is 1. The van der Waals surface area contributed by atoms with E-state index in [4.69, 9.17) is 22.1 Å². The van der Waals surface area contributed by atoms with E-state index in [1.54, 1.807) is 12.1 Å². The molecule has 0 radical (unpaired) electrons. The van der Waals surface area contributed by atoms with Crippen LogP contribution in [0.15, 0.2) is 36.5 Å². The van der Waals surface area contributed by atoms with E-state index in [1.807, 2.05) is 12.1 Å². The van der Waals surface area contributed by atoms with Gasteiger partial charge in [-0.3, -0.25) is 0 Å². The number of nitrogen functional groups attached to an aromatic ring is 1. The molecular formula is C15H19ClN6O. The molecule has 122 valence electrons. The smallest absolute Gasteiger partial charge is 0.246 e. The van der Waals surface area contributed by atoms with Crippen LogP contribution >= 0.6 is 11.6 Å². The van der Waals surface area contributed by atoms with E-state index < -0.39 is 0 Å². The zero-order valence-corrected chi connectivity index (χ0v) is 13.5. The van der Waals surface area contributed by atoms with Crippen molar-refractivity contribution in [3.8, 4) is 5.75 Å². The quantitative estimate of drug-likeness (QED) is 0.867. The van der Waals surface area contributed by atoms with Crippen molar-refractivity contribution in [1.29, 1.82) is 0 Å². The number of benzene rings is 1. The van der Waals surface area contributed by atoms with Crippen molar-refractivity contribution in [1.82, 2.24) is 20.1 Å². The topological polar surface area (TPSA) is 83.3 Å². The molecule has 0 spiro atoms. The third kappa shape index (κ3) is 3.87. The van der Waals surface area contributed by atoms with Crippen LogP contribution in [0.1, 0.15) is 0 Å². The van der Waals surface area contributed by atoms with E-state index >= 15 is 0 Å². The Hall–Kier alpha value is -2.41. The Morgan fingerprint density at radius 2 is 1.96 bits per heavy atom. The van der Waals surface area contributed by atoms with Crippen LogP contribution in [-0.4, -0.2) is 52.9 Å². The second kappa shape index (κ2) is 6.78. The van der Waals surface area contributed by atoms with Gasteiger partial charge in [-0.05, 0) is 24.3 Å². The van der Waals surface area contributed by atoms with E-state index in [9.17, 15) is 0 Å². The van der Waals surface area contributed by atoms with E-state index in [2.05, 4.69) is 31.6 Å². The van der Waals surface area contributed by atoms with Crippen LogP contribution in [0.5, 0.6) is 5.75 Å². The molecule has 3 rings (SSSR count). The van der Waals surface area contributed by atoms with Crippen molar-refractivity contribution in [2.45, 2.75) is 0 Å². The summed E-state index contributed by atoms with van der Waals surface area (Å²) in [5.74, 6) is 1.76. The first-order valence-corrected chi connectivity index (χ1v) is 7.73. The molecule has 0 unspecified atom stereocenters. The Balaban J connectivity index is 1.47. The van der Waals surface area contributed by atoms with Gasteiger partial charge in [-0.1, -0.05) is 18.2 Å². The van der Waals surface area contributed by atoms with Crippen molar-refractivity contribution < 1.29 is 4.74 Å². The molecule has 1 fully saturated rings. The average molecular weight is 335 g/mol. The minimum absolute atomic E-state index is 0.336. The Kier molecular flexibility index (Phi) is 4.57. The fourth-order valence-corrected chi connectivity index (χ4v) is 2.54. The molecule has 0 atom stereocenters. The summed E-state index contributed by atoms with van der Waals surface area (Å²) in [6, 6.07) is 7.31.